The number of H-pyrrole nitrogens is 1. The molecule has 4 aromatic rings. The largest absolute Gasteiger partial charge is 0.383 e. The topological polar surface area (TPSA) is 65.6 Å². The number of carbonyl (C=O) groups is 2. The second-order valence-electron chi connectivity index (χ2n) is 9.29. The van der Waals surface area contributed by atoms with Gasteiger partial charge in [-0.25, -0.2) is 0 Å². The fourth-order valence-corrected chi connectivity index (χ4v) is 4.90. The molecule has 198 valence electrons. The number of hydrogen-bond acceptors (Lipinski definition) is 3. The number of nitrogens with one attached hydrogen (secondary N) is 1. The Bertz CT molecular complexity index is 1380. The lowest BCUT2D eigenvalue weighted by Crippen LogP contribution is -2.44. The van der Waals surface area contributed by atoms with Gasteiger partial charge < -0.3 is 19.5 Å². The maximum absolute atomic E-state index is 13.7. The summed E-state index contributed by atoms with van der Waals surface area (Å²) in [5.74, 6) is -0.477. The number of aromatic amines is 1. The Morgan fingerprint density at radius 1 is 0.921 bits per heavy atom. The van der Waals surface area contributed by atoms with E-state index in [0.717, 1.165) is 27.6 Å². The zero-order valence-corrected chi connectivity index (χ0v) is 23.1. The first kappa shape index (κ1) is 27.7. The minimum absolute atomic E-state index is 0.0912. The molecule has 0 saturated heterocycles. The summed E-state index contributed by atoms with van der Waals surface area (Å²) in [7, 11) is 1.56. The van der Waals surface area contributed by atoms with E-state index in [1.165, 1.54) is 4.90 Å². The Morgan fingerprint density at radius 3 is 2.34 bits per heavy atom. The van der Waals surface area contributed by atoms with E-state index in [1.54, 1.807) is 25.3 Å². The maximum Gasteiger partial charge on any atom is 0.254 e. The molecule has 1 aromatic heterocycles. The highest BCUT2D eigenvalue weighted by atomic mass is 35.5. The number of rotatable bonds is 11. The average Bonchev–Trinajstić information content (AvgIpc) is 3.32. The second kappa shape index (κ2) is 13.0. The van der Waals surface area contributed by atoms with Crippen LogP contribution in [0.2, 0.25) is 10.0 Å². The summed E-state index contributed by atoms with van der Waals surface area (Å²) in [5.41, 5.74) is 4.72. The van der Waals surface area contributed by atoms with Crippen molar-refractivity contribution in [1.82, 2.24) is 14.8 Å². The number of aryl methyl sites for hydroxylation is 1. The number of hydrogen-bond donors (Lipinski definition) is 1. The van der Waals surface area contributed by atoms with Crippen molar-refractivity contribution in [2.75, 3.05) is 33.4 Å². The molecule has 0 bridgehead atoms. The minimum atomic E-state index is -0.327. The standard InChI is InChI=1S/C30H31Cl2N3O3/c1-21-7-9-22(10-8-21)19-34(12-11-23-18-33-28-6-4-3-5-27(23)28)29(36)20-35(13-14-38-2)30(37)24-15-25(31)17-26(32)16-24/h3-10,15-18,33H,11-14,19-20H2,1-2H3. The molecule has 6 nitrogen and oxygen atoms in total. The average molecular weight is 553 g/mol. The van der Waals surface area contributed by atoms with Gasteiger partial charge in [0.25, 0.3) is 5.91 Å². The Hall–Kier alpha value is -3.32. The van der Waals surface area contributed by atoms with Crippen LogP contribution in [0.15, 0.2) is 72.9 Å². The summed E-state index contributed by atoms with van der Waals surface area (Å²) in [6, 6.07) is 20.9. The number of benzene rings is 3. The van der Waals surface area contributed by atoms with E-state index >= 15 is 0 Å². The Balaban J connectivity index is 1.55. The lowest BCUT2D eigenvalue weighted by Gasteiger charge is -2.28. The van der Waals surface area contributed by atoms with Gasteiger partial charge >= 0.3 is 0 Å². The maximum atomic E-state index is 13.7. The van der Waals surface area contributed by atoms with Gasteiger partial charge in [0, 0.05) is 59.5 Å². The Morgan fingerprint density at radius 2 is 1.63 bits per heavy atom. The fourth-order valence-electron chi connectivity index (χ4n) is 4.38. The lowest BCUT2D eigenvalue weighted by atomic mass is 10.1. The third-order valence-corrected chi connectivity index (χ3v) is 6.90. The van der Waals surface area contributed by atoms with Crippen LogP contribution in [0.1, 0.15) is 27.0 Å². The van der Waals surface area contributed by atoms with Crippen molar-refractivity contribution >= 4 is 45.9 Å². The number of aromatic nitrogens is 1. The van der Waals surface area contributed by atoms with Crippen LogP contribution in [0.5, 0.6) is 0 Å². The number of para-hydroxylation sites is 1. The number of nitrogens with zero attached hydrogens (tertiary/aromatic N) is 2. The third kappa shape index (κ3) is 7.16. The smallest absolute Gasteiger partial charge is 0.254 e. The van der Waals surface area contributed by atoms with Crippen LogP contribution >= 0.6 is 23.2 Å². The molecular formula is C30H31Cl2N3O3. The van der Waals surface area contributed by atoms with Gasteiger partial charge in [0.1, 0.15) is 6.54 Å². The van der Waals surface area contributed by atoms with Gasteiger partial charge in [0.05, 0.1) is 6.61 Å². The molecule has 0 unspecified atom stereocenters. The lowest BCUT2D eigenvalue weighted by molar-refractivity contribution is -0.132. The molecule has 0 fully saturated rings. The molecule has 1 heterocycles. The summed E-state index contributed by atoms with van der Waals surface area (Å²) in [5, 5.41) is 1.86. The van der Waals surface area contributed by atoms with E-state index in [0.29, 0.717) is 41.7 Å². The zero-order valence-electron chi connectivity index (χ0n) is 21.5. The number of ether oxygens (including phenoxy) is 1. The predicted molar refractivity (Wildman–Crippen MR) is 153 cm³/mol. The highest BCUT2D eigenvalue weighted by Gasteiger charge is 2.23. The zero-order chi connectivity index (χ0) is 27.1. The van der Waals surface area contributed by atoms with Crippen molar-refractivity contribution < 1.29 is 14.3 Å². The van der Waals surface area contributed by atoms with Crippen LogP contribution in [-0.2, 0) is 22.5 Å². The molecule has 1 N–H and O–H groups in total. The highest BCUT2D eigenvalue weighted by molar-refractivity contribution is 6.35. The molecule has 3 aromatic carbocycles. The second-order valence-corrected chi connectivity index (χ2v) is 10.2. The quantitative estimate of drug-likeness (QED) is 0.243. The Labute approximate surface area is 233 Å². The van der Waals surface area contributed by atoms with Crippen molar-refractivity contribution in [3.05, 3.63) is 105 Å². The monoisotopic (exact) mass is 551 g/mol. The summed E-state index contributed by atoms with van der Waals surface area (Å²) in [6.45, 7) is 3.43. The SMILES string of the molecule is COCCN(CC(=O)N(CCc1c[nH]c2ccccc12)Cc1ccc(C)cc1)C(=O)c1cc(Cl)cc(Cl)c1. The molecule has 0 spiro atoms. The summed E-state index contributed by atoms with van der Waals surface area (Å²) in [6.07, 6.45) is 2.67. The molecule has 2 amide bonds. The van der Waals surface area contributed by atoms with Crippen LogP contribution in [0, 0.1) is 6.92 Å². The number of fused-ring (bicyclic) bond motifs is 1. The van der Waals surface area contributed by atoms with E-state index < -0.39 is 0 Å². The molecule has 38 heavy (non-hydrogen) atoms. The molecule has 8 heteroatoms. The van der Waals surface area contributed by atoms with Crippen molar-refractivity contribution in [2.24, 2.45) is 0 Å². The van der Waals surface area contributed by atoms with E-state index in [1.807, 2.05) is 60.5 Å². The first-order valence-electron chi connectivity index (χ1n) is 12.5. The van der Waals surface area contributed by atoms with Crippen molar-refractivity contribution in [1.29, 1.82) is 0 Å². The number of amides is 2. The van der Waals surface area contributed by atoms with E-state index in [2.05, 4.69) is 11.1 Å². The fraction of sp³-hybridized carbons (Fsp3) is 0.267. The number of carbonyl (C=O) groups excluding carboxylic acids is 2. The minimum Gasteiger partial charge on any atom is -0.383 e. The van der Waals surface area contributed by atoms with Gasteiger partial charge in [-0.15, -0.1) is 0 Å². The number of halogens is 2. The van der Waals surface area contributed by atoms with E-state index in [-0.39, 0.29) is 24.9 Å². The molecular weight excluding hydrogens is 521 g/mol. The normalized spacial score (nSPS) is 11.1. The summed E-state index contributed by atoms with van der Waals surface area (Å²) in [4.78, 5) is 33.7. The van der Waals surface area contributed by atoms with Gasteiger partial charge in [-0.3, -0.25) is 9.59 Å². The molecule has 0 aliphatic rings. The molecule has 4 rings (SSSR count). The van der Waals surface area contributed by atoms with Crippen LogP contribution in [0.25, 0.3) is 10.9 Å². The van der Waals surface area contributed by atoms with Crippen LogP contribution in [0.3, 0.4) is 0 Å². The first-order chi connectivity index (χ1) is 18.3. The van der Waals surface area contributed by atoms with Gasteiger partial charge in [-0.05, 0) is 48.7 Å². The van der Waals surface area contributed by atoms with E-state index in [9.17, 15) is 9.59 Å². The van der Waals surface area contributed by atoms with Crippen LogP contribution < -0.4 is 0 Å². The molecule has 0 aliphatic heterocycles. The summed E-state index contributed by atoms with van der Waals surface area (Å²) < 4.78 is 5.22. The van der Waals surface area contributed by atoms with Crippen LogP contribution in [-0.4, -0.2) is 59.9 Å². The van der Waals surface area contributed by atoms with Gasteiger partial charge in [-0.2, -0.15) is 0 Å². The van der Waals surface area contributed by atoms with Crippen molar-refractivity contribution in [2.45, 2.75) is 19.9 Å². The third-order valence-electron chi connectivity index (χ3n) is 6.46. The molecule has 0 atom stereocenters. The van der Waals surface area contributed by atoms with Crippen molar-refractivity contribution in [3.8, 4) is 0 Å². The van der Waals surface area contributed by atoms with Gasteiger partial charge in [0.2, 0.25) is 5.91 Å². The van der Waals surface area contributed by atoms with Crippen LogP contribution in [0.4, 0.5) is 0 Å². The molecule has 0 radical (unpaired) electrons. The highest BCUT2D eigenvalue weighted by Crippen LogP contribution is 2.21. The van der Waals surface area contributed by atoms with Gasteiger partial charge in [0.15, 0.2) is 0 Å². The molecule has 0 saturated carbocycles. The molecule has 0 aliphatic carbocycles. The van der Waals surface area contributed by atoms with Gasteiger partial charge in [-0.1, -0.05) is 71.2 Å². The first-order valence-corrected chi connectivity index (χ1v) is 13.2. The van der Waals surface area contributed by atoms with Crippen molar-refractivity contribution in [3.63, 3.8) is 0 Å². The van der Waals surface area contributed by atoms with E-state index in [4.69, 9.17) is 27.9 Å². The summed E-state index contributed by atoms with van der Waals surface area (Å²) >= 11 is 12.3. The number of methoxy groups -OCH3 is 1. The predicted octanol–water partition coefficient (Wildman–Crippen LogP) is 6.14. The Kier molecular flexibility index (Phi) is 9.45.